The second-order valence-electron chi connectivity index (χ2n) is 2.95. The third-order valence-corrected chi connectivity index (χ3v) is 1.41. The van der Waals surface area contributed by atoms with E-state index in [1.807, 2.05) is 0 Å². The first-order valence-electron chi connectivity index (χ1n) is 2.60. The van der Waals surface area contributed by atoms with Crippen molar-refractivity contribution >= 4 is 0 Å². The van der Waals surface area contributed by atoms with Gasteiger partial charge in [0.05, 0.1) is 14.1 Å². The summed E-state index contributed by atoms with van der Waals surface area (Å²) in [6, 6.07) is 0. The van der Waals surface area contributed by atoms with Crippen LogP contribution in [0.1, 0.15) is 0 Å². The van der Waals surface area contributed by atoms with Gasteiger partial charge in [0, 0.05) is 0 Å². The Balaban J connectivity index is 0.000000490. The van der Waals surface area contributed by atoms with Crippen molar-refractivity contribution in [2.75, 3.05) is 27.2 Å². The topological polar surface area (TPSA) is 20.2 Å². The highest BCUT2D eigenvalue weighted by Gasteiger charge is 2.34. The number of aliphatic hydroxyl groups excluding tert-OH is 1. The van der Waals surface area contributed by atoms with Crippen LogP contribution in [0.2, 0.25) is 0 Å². The van der Waals surface area contributed by atoms with Crippen LogP contribution in [0, 0.1) is 7.43 Å². The molecule has 0 saturated carbocycles. The standard InChI is InChI=1S/C5H12NO.CH3/c1-6(2)3-5(7)4-6;/h5,7H,3-4H2,1-2H3;1H3/q+1;-1. The number of likely N-dealkylation sites (tertiary alicyclic amines) is 1. The predicted octanol–water partition coefficient (Wildman–Crippen LogP) is -0.112. The van der Waals surface area contributed by atoms with Crippen LogP contribution in [0.4, 0.5) is 0 Å². The van der Waals surface area contributed by atoms with Gasteiger partial charge < -0.3 is 17.0 Å². The van der Waals surface area contributed by atoms with Gasteiger partial charge in [-0.05, 0) is 0 Å². The maximum atomic E-state index is 8.77. The highest BCUT2D eigenvalue weighted by atomic mass is 16.3. The second-order valence-corrected chi connectivity index (χ2v) is 2.95. The molecule has 0 aliphatic carbocycles. The molecule has 0 amide bonds. The molecule has 1 aliphatic heterocycles. The summed E-state index contributed by atoms with van der Waals surface area (Å²) in [6.07, 6.45) is -0.0185. The van der Waals surface area contributed by atoms with Gasteiger partial charge in [0.1, 0.15) is 13.1 Å². The third-order valence-electron chi connectivity index (χ3n) is 1.41. The van der Waals surface area contributed by atoms with Crippen LogP contribution in [-0.4, -0.2) is 42.9 Å². The van der Waals surface area contributed by atoms with Gasteiger partial charge in [-0.3, -0.25) is 0 Å². The van der Waals surface area contributed by atoms with Crippen molar-refractivity contribution in [3.8, 4) is 0 Å². The first kappa shape index (κ1) is 7.92. The molecule has 0 spiro atoms. The van der Waals surface area contributed by atoms with Crippen molar-refractivity contribution in [2.45, 2.75) is 6.10 Å². The summed E-state index contributed by atoms with van der Waals surface area (Å²) in [7, 11) is 4.24. The monoisotopic (exact) mass is 117 g/mol. The van der Waals surface area contributed by atoms with Crippen molar-refractivity contribution < 1.29 is 9.59 Å². The molecule has 1 aliphatic rings. The van der Waals surface area contributed by atoms with Gasteiger partial charge in [-0.25, -0.2) is 0 Å². The molecule has 2 nitrogen and oxygen atoms in total. The number of nitrogens with zero attached hydrogens (tertiary/aromatic N) is 1. The molecular weight excluding hydrogens is 102 g/mol. The van der Waals surface area contributed by atoms with Crippen molar-refractivity contribution in [3.05, 3.63) is 7.43 Å². The molecule has 1 rings (SSSR count). The average Bonchev–Trinajstić information content (AvgIpc) is 1.27. The summed E-state index contributed by atoms with van der Waals surface area (Å²) in [5.74, 6) is 0. The van der Waals surface area contributed by atoms with E-state index in [0.29, 0.717) is 0 Å². The first-order valence-corrected chi connectivity index (χ1v) is 2.60. The number of rotatable bonds is 0. The molecule has 8 heavy (non-hydrogen) atoms. The molecule has 0 unspecified atom stereocenters. The Bertz CT molecular complexity index is 72.6. The summed E-state index contributed by atoms with van der Waals surface area (Å²) < 4.78 is 0.987. The molecule has 0 radical (unpaired) electrons. The normalized spacial score (nSPS) is 25.9. The van der Waals surface area contributed by atoms with Gasteiger partial charge in [0.25, 0.3) is 0 Å². The molecule has 0 bridgehead atoms. The summed E-state index contributed by atoms with van der Waals surface area (Å²) in [5, 5.41) is 8.77. The fourth-order valence-electron chi connectivity index (χ4n) is 1.09. The van der Waals surface area contributed by atoms with Crippen LogP contribution in [0.15, 0.2) is 0 Å². The number of quaternary nitrogens is 1. The van der Waals surface area contributed by atoms with Gasteiger partial charge in [-0.2, -0.15) is 0 Å². The van der Waals surface area contributed by atoms with E-state index >= 15 is 0 Å². The number of aliphatic hydroxyl groups is 1. The number of likely N-dealkylation sites (N-methyl/N-ethyl adjacent to an activating group) is 1. The van der Waals surface area contributed by atoms with Gasteiger partial charge in [-0.15, -0.1) is 0 Å². The molecule has 1 heterocycles. The van der Waals surface area contributed by atoms with E-state index in [-0.39, 0.29) is 13.5 Å². The molecule has 0 aromatic heterocycles. The molecule has 0 atom stereocenters. The summed E-state index contributed by atoms with van der Waals surface area (Å²) in [6.45, 7) is 1.86. The minimum atomic E-state index is -0.0185. The van der Waals surface area contributed by atoms with Crippen LogP contribution in [0.25, 0.3) is 0 Å². The van der Waals surface area contributed by atoms with Crippen molar-refractivity contribution in [1.29, 1.82) is 0 Å². The van der Waals surface area contributed by atoms with Gasteiger partial charge in [0.2, 0.25) is 0 Å². The largest absolute Gasteiger partial charge is 0.382 e. The lowest BCUT2D eigenvalue weighted by molar-refractivity contribution is -0.937. The molecule has 0 aromatic carbocycles. The summed E-state index contributed by atoms with van der Waals surface area (Å²) in [4.78, 5) is 0. The smallest absolute Gasteiger partial charge is 0.152 e. The average molecular weight is 117 g/mol. The van der Waals surface area contributed by atoms with E-state index in [2.05, 4.69) is 14.1 Å². The first-order chi connectivity index (χ1) is 3.10. The van der Waals surface area contributed by atoms with E-state index in [0.717, 1.165) is 17.6 Å². The zero-order chi connectivity index (χ0) is 5.49. The minimum absolute atomic E-state index is 0. The Hall–Kier alpha value is -0.0800. The molecule has 50 valence electrons. The highest BCUT2D eigenvalue weighted by Crippen LogP contribution is 2.11. The van der Waals surface area contributed by atoms with Crippen LogP contribution in [0.3, 0.4) is 0 Å². The number of hydrogen-bond acceptors (Lipinski definition) is 1. The van der Waals surface area contributed by atoms with Gasteiger partial charge in [-0.1, -0.05) is 0 Å². The SMILES string of the molecule is C[N+]1(C)CC(O)C1.[CH3-]. The Kier molecular flexibility index (Phi) is 2.01. The van der Waals surface area contributed by atoms with E-state index in [1.165, 1.54) is 0 Å². The predicted molar refractivity (Wildman–Crippen MR) is 34.3 cm³/mol. The molecule has 0 aromatic rings. The molecule has 1 N–H and O–H groups in total. The quantitative estimate of drug-likeness (QED) is 0.346. The third kappa shape index (κ3) is 1.46. The van der Waals surface area contributed by atoms with E-state index < -0.39 is 0 Å². The zero-order valence-corrected chi connectivity index (χ0v) is 5.89. The Morgan fingerprint density at radius 3 is 1.75 bits per heavy atom. The Morgan fingerprint density at radius 1 is 1.38 bits per heavy atom. The molecule has 1 fully saturated rings. The molecular formula is C6H15NO. The number of hydrogen-bond donors (Lipinski definition) is 1. The summed E-state index contributed by atoms with van der Waals surface area (Å²) in [5.41, 5.74) is 0. The highest BCUT2D eigenvalue weighted by molar-refractivity contribution is 4.61. The molecule has 1 saturated heterocycles. The fourth-order valence-corrected chi connectivity index (χ4v) is 1.09. The second kappa shape index (κ2) is 2.03. The maximum Gasteiger partial charge on any atom is 0.152 e. The van der Waals surface area contributed by atoms with Crippen molar-refractivity contribution in [3.63, 3.8) is 0 Å². The Labute approximate surface area is 51.3 Å². The van der Waals surface area contributed by atoms with Crippen molar-refractivity contribution in [1.82, 2.24) is 0 Å². The molecule has 2 heteroatoms. The van der Waals surface area contributed by atoms with E-state index in [4.69, 9.17) is 5.11 Å². The van der Waals surface area contributed by atoms with Gasteiger partial charge in [0.15, 0.2) is 6.10 Å². The maximum absolute atomic E-state index is 8.77. The van der Waals surface area contributed by atoms with Crippen molar-refractivity contribution in [2.24, 2.45) is 0 Å². The minimum Gasteiger partial charge on any atom is -0.382 e. The van der Waals surface area contributed by atoms with Crippen LogP contribution < -0.4 is 0 Å². The van der Waals surface area contributed by atoms with Crippen LogP contribution >= 0.6 is 0 Å². The van der Waals surface area contributed by atoms with E-state index in [9.17, 15) is 0 Å². The summed E-state index contributed by atoms with van der Waals surface area (Å²) >= 11 is 0. The van der Waals surface area contributed by atoms with Crippen LogP contribution in [0.5, 0.6) is 0 Å². The lowest BCUT2D eigenvalue weighted by atomic mass is 10.1. The van der Waals surface area contributed by atoms with Crippen LogP contribution in [-0.2, 0) is 0 Å². The van der Waals surface area contributed by atoms with E-state index in [1.54, 1.807) is 0 Å². The zero-order valence-electron chi connectivity index (χ0n) is 5.89. The van der Waals surface area contributed by atoms with Gasteiger partial charge >= 0.3 is 0 Å². The Morgan fingerprint density at radius 2 is 1.75 bits per heavy atom. The lowest BCUT2D eigenvalue weighted by Gasteiger charge is -2.41. The fraction of sp³-hybridized carbons (Fsp3) is 0.833. The lowest BCUT2D eigenvalue weighted by Crippen LogP contribution is -2.61.